The number of hydrogen-bond acceptors (Lipinski definition) is 4. The first-order chi connectivity index (χ1) is 14.4. The zero-order valence-corrected chi connectivity index (χ0v) is 18.3. The van der Waals surface area contributed by atoms with Crippen LogP contribution in [0.25, 0.3) is 10.9 Å². The predicted molar refractivity (Wildman–Crippen MR) is 121 cm³/mol. The van der Waals surface area contributed by atoms with Crippen LogP contribution in [-0.4, -0.2) is 24.4 Å². The summed E-state index contributed by atoms with van der Waals surface area (Å²) >= 11 is 6.41. The molecular formula is C23H22ClN3O2S. The smallest absolute Gasteiger partial charge is 0.269 e. The highest BCUT2D eigenvalue weighted by Crippen LogP contribution is 2.29. The van der Waals surface area contributed by atoms with Gasteiger partial charge in [0.05, 0.1) is 5.52 Å². The van der Waals surface area contributed by atoms with Gasteiger partial charge in [-0.1, -0.05) is 35.9 Å². The minimum atomic E-state index is -3.77. The van der Waals surface area contributed by atoms with Crippen molar-refractivity contribution in [3.8, 4) is 0 Å². The molecule has 0 amide bonds. The summed E-state index contributed by atoms with van der Waals surface area (Å²) in [5.41, 5.74) is 4.66. The van der Waals surface area contributed by atoms with Crippen molar-refractivity contribution in [2.75, 3.05) is 7.05 Å². The first-order valence-corrected chi connectivity index (χ1v) is 11.4. The molecule has 30 heavy (non-hydrogen) atoms. The number of hydrogen-bond donors (Lipinski definition) is 1. The quantitative estimate of drug-likeness (QED) is 0.479. The van der Waals surface area contributed by atoms with E-state index < -0.39 is 10.0 Å². The average molecular weight is 440 g/mol. The van der Waals surface area contributed by atoms with Crippen molar-refractivity contribution in [2.24, 2.45) is 0 Å². The third-order valence-electron chi connectivity index (χ3n) is 5.08. The minimum Gasteiger partial charge on any atom is -0.316 e. The summed E-state index contributed by atoms with van der Waals surface area (Å²) in [6, 6.07) is 15.1. The molecule has 5 nitrogen and oxygen atoms in total. The van der Waals surface area contributed by atoms with Crippen molar-refractivity contribution in [3.63, 3.8) is 0 Å². The van der Waals surface area contributed by atoms with Gasteiger partial charge < -0.3 is 5.32 Å². The molecule has 0 saturated heterocycles. The molecule has 0 atom stereocenters. The average Bonchev–Trinajstić information content (AvgIpc) is 3.10. The van der Waals surface area contributed by atoms with Gasteiger partial charge in [-0.05, 0) is 66.9 Å². The first kappa shape index (κ1) is 20.6. The topological polar surface area (TPSA) is 64.0 Å². The largest absolute Gasteiger partial charge is 0.316 e. The van der Waals surface area contributed by atoms with Gasteiger partial charge in [0.15, 0.2) is 0 Å². The SMILES string of the molecule is CNCc1cn(S(=O)(=O)c2cccnc2)c2cc(Cc3ccc(C)cc3Cl)ccc12. The number of fused-ring (bicyclic) bond motifs is 1. The zero-order valence-electron chi connectivity index (χ0n) is 16.8. The van der Waals surface area contributed by atoms with Crippen LogP contribution in [0.5, 0.6) is 0 Å². The lowest BCUT2D eigenvalue weighted by atomic mass is 10.0. The molecule has 154 valence electrons. The van der Waals surface area contributed by atoms with Crippen molar-refractivity contribution in [2.45, 2.75) is 24.8 Å². The summed E-state index contributed by atoms with van der Waals surface area (Å²) in [4.78, 5) is 4.13. The molecule has 2 heterocycles. The van der Waals surface area contributed by atoms with Gasteiger partial charge in [-0.25, -0.2) is 12.4 Å². The van der Waals surface area contributed by atoms with Gasteiger partial charge >= 0.3 is 0 Å². The van der Waals surface area contributed by atoms with Crippen LogP contribution in [0, 0.1) is 6.92 Å². The van der Waals surface area contributed by atoms with Gasteiger partial charge in [-0.3, -0.25) is 4.98 Å². The fraction of sp³-hybridized carbons (Fsp3) is 0.174. The Bertz CT molecular complexity index is 1320. The van der Waals surface area contributed by atoms with E-state index in [1.165, 1.54) is 10.2 Å². The Kier molecular flexibility index (Phi) is 5.64. The van der Waals surface area contributed by atoms with Crippen molar-refractivity contribution >= 4 is 32.5 Å². The fourth-order valence-electron chi connectivity index (χ4n) is 3.58. The summed E-state index contributed by atoms with van der Waals surface area (Å²) in [6.45, 7) is 2.57. The number of nitrogens with zero attached hydrogens (tertiary/aromatic N) is 2. The molecule has 4 aromatic rings. The maximum absolute atomic E-state index is 13.3. The second-order valence-electron chi connectivity index (χ2n) is 7.30. The van der Waals surface area contributed by atoms with E-state index in [-0.39, 0.29) is 4.90 Å². The highest BCUT2D eigenvalue weighted by Gasteiger charge is 2.21. The molecule has 0 saturated carbocycles. The second-order valence-corrected chi connectivity index (χ2v) is 9.52. The molecule has 0 aliphatic heterocycles. The molecule has 0 fully saturated rings. The van der Waals surface area contributed by atoms with Crippen molar-refractivity contribution in [1.29, 1.82) is 0 Å². The van der Waals surface area contributed by atoms with E-state index in [2.05, 4.69) is 10.3 Å². The lowest BCUT2D eigenvalue weighted by molar-refractivity contribution is 0.588. The predicted octanol–water partition coefficient (Wildman–Crippen LogP) is 4.55. The first-order valence-electron chi connectivity index (χ1n) is 9.58. The summed E-state index contributed by atoms with van der Waals surface area (Å²) < 4.78 is 28.0. The molecule has 0 unspecified atom stereocenters. The van der Waals surface area contributed by atoms with Crippen LogP contribution < -0.4 is 5.32 Å². The Morgan fingerprint density at radius 3 is 2.63 bits per heavy atom. The van der Waals surface area contributed by atoms with E-state index in [0.717, 1.165) is 27.6 Å². The van der Waals surface area contributed by atoms with Crippen LogP contribution in [-0.2, 0) is 23.0 Å². The number of aromatic nitrogens is 2. The van der Waals surface area contributed by atoms with E-state index in [9.17, 15) is 8.42 Å². The molecule has 0 spiro atoms. The van der Waals surface area contributed by atoms with Gasteiger partial charge in [0.1, 0.15) is 4.90 Å². The standard InChI is InChI=1S/C23H22ClN3O2S/c1-16-5-7-18(22(24)10-16)11-17-6-8-21-19(13-25-2)15-27(23(21)12-17)30(28,29)20-4-3-9-26-14-20/h3-10,12,14-15,25H,11,13H2,1-2H3. The number of aryl methyl sites for hydroxylation is 1. The lowest BCUT2D eigenvalue weighted by Crippen LogP contribution is -2.12. The number of benzene rings is 2. The van der Waals surface area contributed by atoms with Gasteiger partial charge in [0.2, 0.25) is 0 Å². The number of pyridine rings is 1. The van der Waals surface area contributed by atoms with Gasteiger partial charge in [-0.15, -0.1) is 0 Å². The molecule has 2 aromatic heterocycles. The highest BCUT2D eigenvalue weighted by molar-refractivity contribution is 7.90. The Balaban J connectivity index is 1.85. The van der Waals surface area contributed by atoms with Crippen LogP contribution >= 0.6 is 11.6 Å². The molecular weight excluding hydrogens is 418 g/mol. The monoisotopic (exact) mass is 439 g/mol. The van der Waals surface area contributed by atoms with Crippen LogP contribution in [0.15, 0.2) is 72.0 Å². The summed E-state index contributed by atoms with van der Waals surface area (Å²) in [6.07, 6.45) is 5.23. The van der Waals surface area contributed by atoms with E-state index in [4.69, 9.17) is 11.6 Å². The molecule has 1 N–H and O–H groups in total. The van der Waals surface area contributed by atoms with E-state index in [1.807, 2.05) is 50.4 Å². The van der Waals surface area contributed by atoms with Crippen LogP contribution in [0.4, 0.5) is 0 Å². The molecule has 4 rings (SSSR count). The lowest BCUT2D eigenvalue weighted by Gasteiger charge is -2.09. The Morgan fingerprint density at radius 1 is 1.10 bits per heavy atom. The summed E-state index contributed by atoms with van der Waals surface area (Å²) in [5, 5.41) is 4.72. The van der Waals surface area contributed by atoms with Crippen LogP contribution in [0.3, 0.4) is 0 Å². The molecule has 7 heteroatoms. The van der Waals surface area contributed by atoms with Gasteiger partial charge in [0.25, 0.3) is 10.0 Å². The minimum absolute atomic E-state index is 0.157. The Morgan fingerprint density at radius 2 is 1.93 bits per heavy atom. The zero-order chi connectivity index (χ0) is 21.3. The van der Waals surface area contributed by atoms with Crippen molar-refractivity contribution < 1.29 is 8.42 Å². The number of halogens is 1. The van der Waals surface area contributed by atoms with Crippen LogP contribution in [0.2, 0.25) is 5.02 Å². The molecule has 0 aliphatic rings. The summed E-state index contributed by atoms with van der Waals surface area (Å²) in [5.74, 6) is 0. The van der Waals surface area contributed by atoms with Crippen molar-refractivity contribution in [1.82, 2.24) is 14.3 Å². The summed E-state index contributed by atoms with van der Waals surface area (Å²) in [7, 11) is -1.93. The second kappa shape index (κ2) is 8.22. The third-order valence-corrected chi connectivity index (χ3v) is 7.09. The third kappa shape index (κ3) is 3.86. The molecule has 0 bridgehead atoms. The number of rotatable bonds is 6. The Hall–Kier alpha value is -2.67. The van der Waals surface area contributed by atoms with E-state index >= 15 is 0 Å². The van der Waals surface area contributed by atoms with Crippen molar-refractivity contribution in [3.05, 3.63) is 94.4 Å². The van der Waals surface area contributed by atoms with Crippen LogP contribution in [0.1, 0.15) is 22.3 Å². The fourth-order valence-corrected chi connectivity index (χ4v) is 5.23. The van der Waals surface area contributed by atoms with E-state index in [0.29, 0.717) is 23.5 Å². The Labute approximate surface area is 181 Å². The maximum Gasteiger partial charge on any atom is 0.269 e. The van der Waals surface area contributed by atoms with E-state index in [1.54, 1.807) is 24.5 Å². The highest BCUT2D eigenvalue weighted by atomic mass is 35.5. The normalized spacial score (nSPS) is 11.8. The van der Waals surface area contributed by atoms with Gasteiger partial charge in [-0.2, -0.15) is 0 Å². The molecule has 0 aliphatic carbocycles. The van der Waals surface area contributed by atoms with Gasteiger partial charge in [0, 0.05) is 35.5 Å². The number of nitrogens with one attached hydrogen (secondary N) is 1. The maximum atomic E-state index is 13.3. The molecule has 0 radical (unpaired) electrons. The molecule has 2 aromatic carbocycles.